The molecule has 27 heavy (non-hydrogen) atoms. The van der Waals surface area contributed by atoms with E-state index in [1.54, 1.807) is 4.90 Å². The van der Waals surface area contributed by atoms with Gasteiger partial charge in [0.1, 0.15) is 12.2 Å². The lowest BCUT2D eigenvalue weighted by Crippen LogP contribution is -2.42. The summed E-state index contributed by atoms with van der Waals surface area (Å²) in [6.07, 6.45) is 1.91. The number of hydrogen-bond acceptors (Lipinski definition) is 7. The lowest BCUT2D eigenvalue weighted by molar-refractivity contribution is -0.385. The second-order valence-corrected chi connectivity index (χ2v) is 6.44. The first kappa shape index (κ1) is 20.9. The van der Waals surface area contributed by atoms with Crippen LogP contribution in [0.25, 0.3) is 0 Å². The van der Waals surface area contributed by atoms with Crippen LogP contribution in [0.15, 0.2) is 12.1 Å². The summed E-state index contributed by atoms with van der Waals surface area (Å²) < 4.78 is 15.7. The Balaban J connectivity index is 2.30. The minimum atomic E-state index is -0.565. The van der Waals surface area contributed by atoms with E-state index in [1.165, 1.54) is 26.4 Å². The van der Waals surface area contributed by atoms with Gasteiger partial charge in [0.2, 0.25) is 0 Å². The predicted molar refractivity (Wildman–Crippen MR) is 99.6 cm³/mol. The van der Waals surface area contributed by atoms with Crippen molar-refractivity contribution >= 4 is 11.6 Å². The highest BCUT2D eigenvalue weighted by Gasteiger charge is 2.30. The summed E-state index contributed by atoms with van der Waals surface area (Å²) in [6, 6.07) is 2.64. The van der Waals surface area contributed by atoms with Crippen LogP contribution in [0.5, 0.6) is 11.5 Å². The van der Waals surface area contributed by atoms with Crippen molar-refractivity contribution in [1.29, 1.82) is 0 Å². The number of carbonyl (C=O) groups is 1. The van der Waals surface area contributed by atoms with Crippen LogP contribution in [0.2, 0.25) is 0 Å². The summed E-state index contributed by atoms with van der Waals surface area (Å²) >= 11 is 0. The molecule has 1 N–H and O–H groups in total. The number of benzene rings is 1. The summed E-state index contributed by atoms with van der Waals surface area (Å²) in [6.45, 7) is 2.52. The zero-order valence-corrected chi connectivity index (χ0v) is 16.0. The van der Waals surface area contributed by atoms with Crippen LogP contribution < -0.4 is 14.8 Å². The van der Waals surface area contributed by atoms with E-state index in [9.17, 15) is 14.9 Å². The zero-order chi connectivity index (χ0) is 19.8. The van der Waals surface area contributed by atoms with Gasteiger partial charge in [0, 0.05) is 26.3 Å². The maximum absolute atomic E-state index is 13.0. The Morgan fingerprint density at radius 2 is 2.11 bits per heavy atom. The van der Waals surface area contributed by atoms with Gasteiger partial charge in [0.05, 0.1) is 24.7 Å². The third kappa shape index (κ3) is 5.30. The molecule has 9 nitrogen and oxygen atoms in total. The molecular formula is C18H27N3O6. The molecule has 1 amide bonds. The molecule has 1 atom stereocenters. The maximum atomic E-state index is 13.0. The minimum Gasteiger partial charge on any atom is -0.493 e. The first-order valence-electron chi connectivity index (χ1n) is 8.93. The Kier molecular flexibility index (Phi) is 7.81. The van der Waals surface area contributed by atoms with E-state index in [1.807, 2.05) is 7.05 Å². The lowest BCUT2D eigenvalue weighted by atomic mass is 9.97. The number of methoxy groups -OCH3 is 2. The SMILES string of the molecule is CNCC1CCCN(C(=O)c2cc(OC)c(OCCOC)cc2[N+](=O)[O-])C1. The predicted octanol–water partition coefficient (Wildman–Crippen LogP) is 1.70. The molecule has 9 heteroatoms. The van der Waals surface area contributed by atoms with Crippen LogP contribution >= 0.6 is 0 Å². The van der Waals surface area contributed by atoms with Crippen molar-refractivity contribution in [3.8, 4) is 11.5 Å². The van der Waals surface area contributed by atoms with Gasteiger partial charge >= 0.3 is 0 Å². The second-order valence-electron chi connectivity index (χ2n) is 6.44. The Morgan fingerprint density at radius 1 is 1.33 bits per heavy atom. The third-order valence-corrected chi connectivity index (χ3v) is 4.55. The number of nitrogens with one attached hydrogen (secondary N) is 1. The fraction of sp³-hybridized carbons (Fsp3) is 0.611. The summed E-state index contributed by atoms with van der Waals surface area (Å²) in [5.74, 6) is 0.475. The molecule has 0 aromatic heterocycles. The average molecular weight is 381 g/mol. The van der Waals surface area contributed by atoms with Gasteiger partial charge in [-0.25, -0.2) is 0 Å². The van der Waals surface area contributed by atoms with Crippen molar-refractivity contribution in [3.05, 3.63) is 27.8 Å². The van der Waals surface area contributed by atoms with E-state index in [-0.39, 0.29) is 35.3 Å². The maximum Gasteiger partial charge on any atom is 0.286 e. The van der Waals surface area contributed by atoms with Crippen LogP contribution in [0, 0.1) is 16.0 Å². The fourth-order valence-corrected chi connectivity index (χ4v) is 3.25. The number of piperidine rings is 1. The van der Waals surface area contributed by atoms with Gasteiger partial charge in [-0.2, -0.15) is 0 Å². The monoisotopic (exact) mass is 381 g/mol. The summed E-state index contributed by atoms with van der Waals surface area (Å²) in [7, 11) is 4.84. The Bertz CT molecular complexity index is 665. The van der Waals surface area contributed by atoms with Crippen molar-refractivity contribution < 1.29 is 23.9 Å². The fourth-order valence-electron chi connectivity index (χ4n) is 3.25. The molecule has 1 fully saturated rings. The summed E-state index contributed by atoms with van der Waals surface area (Å²) in [5.41, 5.74) is -0.273. The Labute approximate surface area is 158 Å². The molecule has 150 valence electrons. The highest BCUT2D eigenvalue weighted by atomic mass is 16.6. The van der Waals surface area contributed by atoms with Crippen LogP contribution in [0.1, 0.15) is 23.2 Å². The van der Waals surface area contributed by atoms with E-state index in [0.717, 1.165) is 19.4 Å². The number of nitro benzene ring substituents is 1. The van der Waals surface area contributed by atoms with Gasteiger partial charge in [0.15, 0.2) is 11.5 Å². The number of rotatable bonds is 9. The van der Waals surface area contributed by atoms with Crippen LogP contribution in [-0.4, -0.2) is 69.8 Å². The molecule has 0 bridgehead atoms. The molecule has 1 unspecified atom stereocenters. The topological polar surface area (TPSA) is 103 Å². The molecule has 0 saturated carbocycles. The zero-order valence-electron chi connectivity index (χ0n) is 16.0. The van der Waals surface area contributed by atoms with E-state index in [0.29, 0.717) is 25.6 Å². The summed E-state index contributed by atoms with van der Waals surface area (Å²) in [4.78, 5) is 25.7. The largest absolute Gasteiger partial charge is 0.493 e. The van der Waals surface area contributed by atoms with Gasteiger partial charge < -0.3 is 24.4 Å². The van der Waals surface area contributed by atoms with Crippen molar-refractivity contribution in [2.24, 2.45) is 5.92 Å². The quantitative estimate of drug-likeness (QED) is 0.394. The number of nitrogens with zero attached hydrogens (tertiary/aromatic N) is 2. The number of nitro groups is 1. The van der Waals surface area contributed by atoms with Crippen molar-refractivity contribution in [2.45, 2.75) is 12.8 Å². The van der Waals surface area contributed by atoms with Gasteiger partial charge in [-0.1, -0.05) is 0 Å². The molecule has 1 aromatic carbocycles. The molecule has 1 heterocycles. The molecule has 0 aliphatic carbocycles. The second kappa shape index (κ2) is 10.1. The Hall–Kier alpha value is -2.39. The number of hydrogen-bond donors (Lipinski definition) is 1. The van der Waals surface area contributed by atoms with E-state index >= 15 is 0 Å². The molecule has 1 aliphatic heterocycles. The lowest BCUT2D eigenvalue weighted by Gasteiger charge is -2.32. The first-order valence-corrected chi connectivity index (χ1v) is 8.93. The van der Waals surface area contributed by atoms with E-state index in [4.69, 9.17) is 14.2 Å². The molecule has 0 spiro atoms. The average Bonchev–Trinajstić information content (AvgIpc) is 2.67. The molecule has 1 saturated heterocycles. The smallest absolute Gasteiger partial charge is 0.286 e. The number of carbonyl (C=O) groups excluding carboxylic acids is 1. The van der Waals surface area contributed by atoms with Crippen LogP contribution in [0.4, 0.5) is 5.69 Å². The first-order chi connectivity index (χ1) is 13.0. The van der Waals surface area contributed by atoms with Gasteiger partial charge in [0.25, 0.3) is 11.6 Å². The normalized spacial score (nSPS) is 16.9. The molecule has 1 aliphatic rings. The number of ether oxygens (including phenoxy) is 3. The molecule has 2 rings (SSSR count). The van der Waals surface area contributed by atoms with Crippen molar-refractivity contribution in [3.63, 3.8) is 0 Å². The number of likely N-dealkylation sites (tertiary alicyclic amines) is 1. The van der Waals surface area contributed by atoms with Gasteiger partial charge in [-0.05, 0) is 32.4 Å². The molecule has 0 radical (unpaired) electrons. The van der Waals surface area contributed by atoms with Crippen LogP contribution in [0.3, 0.4) is 0 Å². The van der Waals surface area contributed by atoms with E-state index in [2.05, 4.69) is 5.32 Å². The van der Waals surface area contributed by atoms with Gasteiger partial charge in [-0.15, -0.1) is 0 Å². The van der Waals surface area contributed by atoms with Crippen molar-refractivity contribution in [1.82, 2.24) is 10.2 Å². The standard InChI is InChI=1S/C18H27N3O6/c1-19-11-13-5-4-6-20(12-13)18(22)14-9-16(26-3)17(27-8-7-25-2)10-15(14)21(23)24/h9-10,13,19H,4-8,11-12H2,1-3H3. The molecular weight excluding hydrogens is 354 g/mol. The number of amides is 1. The van der Waals surface area contributed by atoms with Crippen LogP contribution in [-0.2, 0) is 4.74 Å². The Morgan fingerprint density at radius 3 is 2.74 bits per heavy atom. The highest BCUT2D eigenvalue weighted by molar-refractivity contribution is 5.99. The molecule has 1 aromatic rings. The summed E-state index contributed by atoms with van der Waals surface area (Å²) in [5, 5.41) is 14.7. The van der Waals surface area contributed by atoms with Gasteiger partial charge in [-0.3, -0.25) is 14.9 Å². The third-order valence-electron chi connectivity index (χ3n) is 4.55. The minimum absolute atomic E-state index is 0.0149. The van der Waals surface area contributed by atoms with Crippen molar-refractivity contribution in [2.75, 3.05) is 54.1 Å². The highest BCUT2D eigenvalue weighted by Crippen LogP contribution is 2.36. The van der Waals surface area contributed by atoms with E-state index < -0.39 is 4.92 Å².